The standard InChI is InChI=1S/C37H52O13/c1-17-19-9-10-24-34(5)14-21(40)31(37(8,47)25(41)11-12-33(3,4)50-18(2)39)35(34,6)15-26(42)36(24,7)20(19)13-22(27(17)43)48-32-30(46)29(45)28(44)23(16-38)49-32/h11-13,21,23-24,28-32,38,40,43-47H,9-10,14-16H2,1-8H3/t21-,23-,24+,28-,29+,30-,31+,32-,34+,35-,36+,37+/m1/s1. The van der Waals surface area contributed by atoms with Crippen molar-refractivity contribution in [3.63, 3.8) is 0 Å². The normalized spacial score (nSPS) is 39.7. The number of fused-ring (bicyclic) bond motifs is 5. The van der Waals surface area contributed by atoms with Gasteiger partial charge in [-0.3, -0.25) is 14.4 Å². The van der Waals surface area contributed by atoms with Crippen LogP contribution in [0.25, 0.3) is 0 Å². The van der Waals surface area contributed by atoms with E-state index in [1.54, 1.807) is 20.8 Å². The summed E-state index contributed by atoms with van der Waals surface area (Å²) in [6, 6.07) is 1.54. The lowest BCUT2D eigenvalue weighted by Gasteiger charge is -2.61. The lowest BCUT2D eigenvalue weighted by molar-refractivity contribution is -0.277. The molecule has 7 N–H and O–H groups in total. The van der Waals surface area contributed by atoms with Crippen molar-refractivity contribution in [1.82, 2.24) is 0 Å². The van der Waals surface area contributed by atoms with Gasteiger partial charge in [0.05, 0.1) is 18.1 Å². The van der Waals surface area contributed by atoms with E-state index in [1.165, 1.54) is 26.0 Å². The summed E-state index contributed by atoms with van der Waals surface area (Å²) < 4.78 is 16.7. The van der Waals surface area contributed by atoms with Crippen molar-refractivity contribution >= 4 is 17.5 Å². The fourth-order valence-electron chi connectivity index (χ4n) is 9.98. The van der Waals surface area contributed by atoms with E-state index in [-0.39, 0.29) is 36.0 Å². The number of carbonyl (C=O) groups is 3. The molecule has 13 nitrogen and oxygen atoms in total. The van der Waals surface area contributed by atoms with E-state index in [9.17, 15) is 50.1 Å². The van der Waals surface area contributed by atoms with Gasteiger partial charge in [0.1, 0.15) is 41.4 Å². The first-order chi connectivity index (χ1) is 23.0. The second kappa shape index (κ2) is 12.6. The van der Waals surface area contributed by atoms with Gasteiger partial charge in [-0.2, -0.15) is 0 Å². The van der Waals surface area contributed by atoms with Crippen LogP contribution in [0.1, 0.15) is 84.4 Å². The van der Waals surface area contributed by atoms with Crippen molar-refractivity contribution < 1.29 is 64.3 Å². The smallest absolute Gasteiger partial charge is 0.303 e. The maximum atomic E-state index is 14.7. The summed E-state index contributed by atoms with van der Waals surface area (Å²) in [5.74, 6) is -3.18. The van der Waals surface area contributed by atoms with Crippen molar-refractivity contribution in [2.75, 3.05) is 6.61 Å². The Bertz CT molecular complexity index is 1580. The average molecular weight is 705 g/mol. The van der Waals surface area contributed by atoms with Crippen molar-refractivity contribution in [2.45, 2.75) is 135 Å². The predicted octanol–water partition coefficient (Wildman–Crippen LogP) is 1.28. The van der Waals surface area contributed by atoms with Gasteiger partial charge in [0.25, 0.3) is 0 Å². The molecule has 278 valence electrons. The van der Waals surface area contributed by atoms with Crippen LogP contribution in [0, 0.1) is 29.6 Å². The number of esters is 1. The number of carbonyl (C=O) groups excluding carboxylic acids is 3. The highest BCUT2D eigenvalue weighted by Crippen LogP contribution is 2.72. The molecule has 0 bridgehead atoms. The fourth-order valence-corrected chi connectivity index (χ4v) is 9.98. The Balaban J connectivity index is 1.52. The highest BCUT2D eigenvalue weighted by atomic mass is 16.7. The molecule has 4 aliphatic rings. The van der Waals surface area contributed by atoms with Crippen molar-refractivity contribution in [3.05, 3.63) is 34.9 Å². The molecule has 2 saturated carbocycles. The first-order valence-corrected chi connectivity index (χ1v) is 17.2. The van der Waals surface area contributed by atoms with Gasteiger partial charge in [-0.1, -0.05) is 13.8 Å². The fraction of sp³-hybridized carbons (Fsp3) is 0.703. The summed E-state index contributed by atoms with van der Waals surface area (Å²) in [6.07, 6.45) is -5.31. The highest BCUT2D eigenvalue weighted by molar-refractivity contribution is 5.98. The second-order valence-corrected chi connectivity index (χ2v) is 16.2. The Morgan fingerprint density at radius 3 is 2.30 bits per heavy atom. The maximum Gasteiger partial charge on any atom is 0.303 e. The zero-order valence-electron chi connectivity index (χ0n) is 30.0. The molecule has 0 unspecified atom stereocenters. The van der Waals surface area contributed by atoms with Gasteiger partial charge in [0.15, 0.2) is 17.3 Å². The first-order valence-electron chi connectivity index (χ1n) is 17.2. The molecule has 0 aromatic heterocycles. The minimum atomic E-state index is -2.08. The number of aliphatic hydroxyl groups is 6. The predicted molar refractivity (Wildman–Crippen MR) is 177 cm³/mol. The average Bonchev–Trinajstić information content (AvgIpc) is 3.22. The van der Waals surface area contributed by atoms with Crippen LogP contribution in [0.3, 0.4) is 0 Å². The Kier molecular flexibility index (Phi) is 9.69. The molecule has 50 heavy (non-hydrogen) atoms. The number of Topliss-reactive ketones (excluding diaryl/α,β-unsaturated/α-hetero) is 1. The van der Waals surface area contributed by atoms with Crippen LogP contribution in [0.4, 0.5) is 0 Å². The van der Waals surface area contributed by atoms with Gasteiger partial charge in [0, 0.05) is 19.3 Å². The molecule has 0 radical (unpaired) electrons. The van der Waals surface area contributed by atoms with Crippen LogP contribution in [-0.4, -0.2) is 108 Å². The van der Waals surface area contributed by atoms with Crippen LogP contribution in [0.2, 0.25) is 0 Å². The van der Waals surface area contributed by atoms with Crippen molar-refractivity contribution in [2.24, 2.45) is 22.7 Å². The largest absolute Gasteiger partial charge is 0.504 e. The van der Waals surface area contributed by atoms with Gasteiger partial charge in [-0.05, 0) is 106 Å². The van der Waals surface area contributed by atoms with Gasteiger partial charge in [0.2, 0.25) is 6.29 Å². The third kappa shape index (κ3) is 5.69. The maximum absolute atomic E-state index is 14.7. The minimum absolute atomic E-state index is 0.0768. The minimum Gasteiger partial charge on any atom is -0.504 e. The van der Waals surface area contributed by atoms with E-state index < -0.39 is 88.5 Å². The number of ketones is 2. The Morgan fingerprint density at radius 2 is 1.70 bits per heavy atom. The topological polar surface area (TPSA) is 221 Å². The Labute approximate surface area is 291 Å². The van der Waals surface area contributed by atoms with Crippen LogP contribution < -0.4 is 4.74 Å². The number of hydrogen-bond donors (Lipinski definition) is 7. The monoisotopic (exact) mass is 704 g/mol. The van der Waals surface area contributed by atoms with Gasteiger partial charge < -0.3 is 50.0 Å². The number of benzene rings is 1. The van der Waals surface area contributed by atoms with Crippen LogP contribution in [0.15, 0.2) is 18.2 Å². The molecule has 0 amide bonds. The first kappa shape index (κ1) is 38.3. The molecule has 0 spiro atoms. The van der Waals surface area contributed by atoms with Crippen molar-refractivity contribution in [3.8, 4) is 11.5 Å². The molecule has 12 atom stereocenters. The summed E-state index contributed by atoms with van der Waals surface area (Å²) in [4.78, 5) is 39.8. The summed E-state index contributed by atoms with van der Waals surface area (Å²) in [5.41, 5.74) is -4.34. The third-order valence-corrected chi connectivity index (χ3v) is 12.7. The number of phenols is 1. The zero-order valence-corrected chi connectivity index (χ0v) is 30.0. The molecule has 1 heterocycles. The van der Waals surface area contributed by atoms with Crippen molar-refractivity contribution in [1.29, 1.82) is 0 Å². The highest BCUT2D eigenvalue weighted by Gasteiger charge is 2.73. The van der Waals surface area contributed by atoms with Crippen LogP contribution >= 0.6 is 0 Å². The molecule has 1 aliphatic heterocycles. The van der Waals surface area contributed by atoms with Crippen LogP contribution in [0.5, 0.6) is 11.5 Å². The lowest BCUT2D eigenvalue weighted by atomic mass is 9.41. The number of aromatic hydroxyl groups is 1. The molecule has 1 aromatic carbocycles. The molecule has 1 saturated heterocycles. The zero-order chi connectivity index (χ0) is 37.5. The van der Waals surface area contributed by atoms with E-state index in [0.29, 0.717) is 24.0 Å². The molecular formula is C37H52O13. The number of ether oxygens (including phenoxy) is 3. The Hall–Kier alpha value is -2.91. The molecular weight excluding hydrogens is 652 g/mol. The Morgan fingerprint density at radius 1 is 1.06 bits per heavy atom. The van der Waals surface area contributed by atoms with Gasteiger partial charge in [-0.25, -0.2) is 0 Å². The quantitative estimate of drug-likeness (QED) is 0.150. The van der Waals surface area contributed by atoms with E-state index in [4.69, 9.17) is 14.2 Å². The third-order valence-electron chi connectivity index (χ3n) is 12.7. The van der Waals surface area contributed by atoms with E-state index in [2.05, 4.69) is 0 Å². The number of aliphatic hydroxyl groups excluding tert-OH is 5. The van der Waals surface area contributed by atoms with E-state index >= 15 is 0 Å². The summed E-state index contributed by atoms with van der Waals surface area (Å²) >= 11 is 0. The second-order valence-electron chi connectivity index (χ2n) is 16.2. The molecule has 1 aromatic rings. The van der Waals surface area contributed by atoms with E-state index in [1.807, 2.05) is 20.8 Å². The summed E-state index contributed by atoms with van der Waals surface area (Å²) in [6.45, 7) is 12.5. The van der Waals surface area contributed by atoms with Gasteiger partial charge >= 0.3 is 5.97 Å². The van der Waals surface area contributed by atoms with E-state index in [0.717, 1.165) is 11.6 Å². The van der Waals surface area contributed by atoms with Gasteiger partial charge in [-0.15, -0.1) is 0 Å². The number of hydrogen-bond acceptors (Lipinski definition) is 13. The summed E-state index contributed by atoms with van der Waals surface area (Å²) in [7, 11) is 0. The van der Waals surface area contributed by atoms with Crippen LogP contribution in [-0.2, 0) is 35.7 Å². The molecule has 3 fully saturated rings. The number of rotatable bonds is 8. The SMILES string of the molecule is CC(=O)OC(C)(C)C=CC(=O)[C@](C)(O)[C@H]1[C@H](O)C[C@@]2(C)[C@@H]3CCc4c(cc(O[C@@H]5O[C@H](CO)[C@@H](O)[C@H](O)[C@H]5O)c(O)c4C)[C@]3(C)C(=O)C[C@]12C. The number of phenolic OH excluding ortho intramolecular Hbond substituents is 1. The molecule has 3 aliphatic carbocycles. The lowest BCUT2D eigenvalue weighted by Crippen LogP contribution is -2.63. The summed E-state index contributed by atoms with van der Waals surface area (Å²) in [5, 5.41) is 75.6. The molecule has 5 rings (SSSR count). The molecule has 13 heteroatoms.